The number of carbonyl (C=O) groups excluding carboxylic acids is 1. The summed E-state index contributed by atoms with van der Waals surface area (Å²) in [5.41, 5.74) is 3.81. The third-order valence-electron chi connectivity index (χ3n) is 4.49. The van der Waals surface area contributed by atoms with Crippen LogP contribution in [0, 0.1) is 13.8 Å². The highest BCUT2D eigenvalue weighted by molar-refractivity contribution is 7.17. The number of pyridine rings is 1. The van der Waals surface area contributed by atoms with Crippen LogP contribution < -0.4 is 10.6 Å². The second-order valence-corrected chi connectivity index (χ2v) is 7.42. The SMILES string of the molecule is Cc1ccc(O)c(C)c1NC(=O)c1cnc(Nc2cccc3cccnc23)s1. The molecule has 0 atom stereocenters. The molecule has 0 unspecified atom stereocenters. The summed E-state index contributed by atoms with van der Waals surface area (Å²) >= 11 is 1.25. The number of aryl methyl sites for hydroxylation is 1. The molecule has 0 spiro atoms. The molecule has 0 aliphatic rings. The molecule has 4 aromatic rings. The third-order valence-corrected chi connectivity index (χ3v) is 5.40. The summed E-state index contributed by atoms with van der Waals surface area (Å²) in [5, 5.41) is 17.6. The maximum absolute atomic E-state index is 12.6. The monoisotopic (exact) mass is 390 g/mol. The number of benzene rings is 2. The fraction of sp³-hybridized carbons (Fsp3) is 0.0952. The predicted octanol–water partition coefficient (Wildman–Crippen LogP) is 5.01. The standard InChI is InChI=1S/C21H18N4O2S/c1-12-8-9-16(26)13(2)18(12)25-20(27)17-11-23-21(28-17)24-15-7-3-5-14-6-4-10-22-19(14)15/h3-11,26H,1-2H3,(H,23,24)(H,25,27). The van der Waals surface area contributed by atoms with Gasteiger partial charge in [-0.25, -0.2) is 4.98 Å². The van der Waals surface area contributed by atoms with E-state index in [9.17, 15) is 9.90 Å². The van der Waals surface area contributed by atoms with Crippen molar-refractivity contribution in [2.24, 2.45) is 0 Å². The highest BCUT2D eigenvalue weighted by Crippen LogP contribution is 2.30. The molecular formula is C21H18N4O2S. The maximum Gasteiger partial charge on any atom is 0.267 e. The number of thiazole rings is 1. The molecular weight excluding hydrogens is 372 g/mol. The second-order valence-electron chi connectivity index (χ2n) is 6.39. The van der Waals surface area contributed by atoms with E-state index in [2.05, 4.69) is 20.6 Å². The summed E-state index contributed by atoms with van der Waals surface area (Å²) in [7, 11) is 0. The van der Waals surface area contributed by atoms with Gasteiger partial charge in [-0.2, -0.15) is 0 Å². The van der Waals surface area contributed by atoms with Crippen LogP contribution in [0.3, 0.4) is 0 Å². The molecule has 0 aliphatic heterocycles. The number of hydrogen-bond donors (Lipinski definition) is 3. The lowest BCUT2D eigenvalue weighted by molar-refractivity contribution is 0.103. The topological polar surface area (TPSA) is 87.1 Å². The molecule has 2 heterocycles. The number of rotatable bonds is 4. The molecule has 0 saturated carbocycles. The molecule has 28 heavy (non-hydrogen) atoms. The third kappa shape index (κ3) is 3.39. The van der Waals surface area contributed by atoms with Crippen molar-refractivity contribution in [1.29, 1.82) is 0 Å². The fourth-order valence-corrected chi connectivity index (χ4v) is 3.68. The molecule has 0 saturated heterocycles. The predicted molar refractivity (Wildman–Crippen MR) is 113 cm³/mol. The first kappa shape index (κ1) is 17.9. The first-order valence-electron chi connectivity index (χ1n) is 8.70. The van der Waals surface area contributed by atoms with Crippen LogP contribution in [0.2, 0.25) is 0 Å². The van der Waals surface area contributed by atoms with E-state index in [0.717, 1.165) is 22.2 Å². The minimum Gasteiger partial charge on any atom is -0.508 e. The van der Waals surface area contributed by atoms with Crippen LogP contribution in [0.4, 0.5) is 16.5 Å². The molecule has 2 aromatic carbocycles. The fourth-order valence-electron chi connectivity index (χ4n) is 2.96. The Kier molecular flexibility index (Phi) is 4.67. The van der Waals surface area contributed by atoms with Gasteiger partial charge in [0, 0.05) is 17.1 Å². The zero-order valence-electron chi connectivity index (χ0n) is 15.4. The normalized spacial score (nSPS) is 10.8. The minimum absolute atomic E-state index is 0.149. The van der Waals surface area contributed by atoms with Crippen LogP contribution in [0.25, 0.3) is 10.9 Å². The first-order valence-corrected chi connectivity index (χ1v) is 9.51. The van der Waals surface area contributed by atoms with Gasteiger partial charge in [0.05, 0.1) is 23.1 Å². The van der Waals surface area contributed by atoms with E-state index in [1.165, 1.54) is 17.5 Å². The van der Waals surface area contributed by atoms with Crippen molar-refractivity contribution in [3.05, 3.63) is 70.9 Å². The smallest absolute Gasteiger partial charge is 0.267 e. The number of aromatic nitrogens is 2. The van der Waals surface area contributed by atoms with E-state index >= 15 is 0 Å². The van der Waals surface area contributed by atoms with Crippen LogP contribution >= 0.6 is 11.3 Å². The number of phenolic OH excluding ortho intramolecular Hbond substituents is 1. The molecule has 0 bridgehead atoms. The molecule has 0 fully saturated rings. The van der Waals surface area contributed by atoms with Crippen LogP contribution in [0.1, 0.15) is 20.8 Å². The lowest BCUT2D eigenvalue weighted by Crippen LogP contribution is -2.12. The van der Waals surface area contributed by atoms with Crippen LogP contribution in [0.15, 0.2) is 54.9 Å². The zero-order chi connectivity index (χ0) is 19.7. The Morgan fingerprint density at radius 3 is 2.75 bits per heavy atom. The Morgan fingerprint density at radius 1 is 1.07 bits per heavy atom. The number of nitrogens with zero attached hydrogens (tertiary/aromatic N) is 2. The van der Waals surface area contributed by atoms with Gasteiger partial charge in [-0.3, -0.25) is 9.78 Å². The van der Waals surface area contributed by atoms with Crippen molar-refractivity contribution in [3.63, 3.8) is 0 Å². The maximum atomic E-state index is 12.6. The van der Waals surface area contributed by atoms with Gasteiger partial charge in [0.2, 0.25) is 0 Å². The van der Waals surface area contributed by atoms with Crippen molar-refractivity contribution < 1.29 is 9.90 Å². The van der Waals surface area contributed by atoms with Gasteiger partial charge in [-0.05, 0) is 37.6 Å². The first-order chi connectivity index (χ1) is 13.5. The number of hydrogen-bond acceptors (Lipinski definition) is 6. The van der Waals surface area contributed by atoms with E-state index < -0.39 is 0 Å². The lowest BCUT2D eigenvalue weighted by atomic mass is 10.1. The molecule has 140 valence electrons. The summed E-state index contributed by atoms with van der Waals surface area (Å²) in [4.78, 5) is 21.8. The molecule has 0 radical (unpaired) electrons. The Morgan fingerprint density at radius 2 is 1.89 bits per heavy atom. The second kappa shape index (κ2) is 7.28. The molecule has 1 amide bonds. The summed E-state index contributed by atoms with van der Waals surface area (Å²) < 4.78 is 0. The Balaban J connectivity index is 1.56. The van der Waals surface area contributed by atoms with Gasteiger partial charge in [-0.15, -0.1) is 0 Å². The van der Waals surface area contributed by atoms with Crippen LogP contribution in [-0.2, 0) is 0 Å². The van der Waals surface area contributed by atoms with Gasteiger partial charge in [0.25, 0.3) is 5.91 Å². The number of para-hydroxylation sites is 1. The highest BCUT2D eigenvalue weighted by atomic mass is 32.1. The molecule has 4 rings (SSSR count). The van der Waals surface area contributed by atoms with Crippen LogP contribution in [-0.4, -0.2) is 21.0 Å². The lowest BCUT2D eigenvalue weighted by Gasteiger charge is -2.12. The van der Waals surface area contributed by atoms with Gasteiger partial charge < -0.3 is 15.7 Å². The quantitative estimate of drug-likeness (QED) is 0.456. The number of phenols is 1. The Hall–Kier alpha value is -3.45. The summed E-state index contributed by atoms with van der Waals surface area (Å²) in [6.07, 6.45) is 3.28. The van der Waals surface area contributed by atoms with E-state index in [4.69, 9.17) is 0 Å². The van der Waals surface area contributed by atoms with Crippen molar-refractivity contribution in [2.45, 2.75) is 13.8 Å². The summed E-state index contributed by atoms with van der Waals surface area (Å²) in [6, 6.07) is 13.1. The largest absolute Gasteiger partial charge is 0.508 e. The molecule has 0 aliphatic carbocycles. The number of nitrogens with one attached hydrogen (secondary N) is 2. The average molecular weight is 390 g/mol. The highest BCUT2D eigenvalue weighted by Gasteiger charge is 2.15. The molecule has 3 N–H and O–H groups in total. The van der Waals surface area contributed by atoms with E-state index in [1.54, 1.807) is 25.3 Å². The molecule has 7 heteroatoms. The zero-order valence-corrected chi connectivity index (χ0v) is 16.2. The average Bonchev–Trinajstić information content (AvgIpc) is 3.17. The minimum atomic E-state index is -0.265. The van der Waals surface area contributed by atoms with Crippen LogP contribution in [0.5, 0.6) is 5.75 Å². The van der Waals surface area contributed by atoms with Gasteiger partial charge >= 0.3 is 0 Å². The summed E-state index contributed by atoms with van der Waals surface area (Å²) in [5.74, 6) is -0.116. The van der Waals surface area contributed by atoms with E-state index in [1.807, 2.05) is 37.3 Å². The van der Waals surface area contributed by atoms with Crippen molar-refractivity contribution in [2.75, 3.05) is 10.6 Å². The summed E-state index contributed by atoms with van der Waals surface area (Å²) in [6.45, 7) is 3.65. The number of aromatic hydroxyl groups is 1. The van der Waals surface area contributed by atoms with Gasteiger partial charge in [0.1, 0.15) is 10.6 Å². The number of fused-ring (bicyclic) bond motifs is 1. The number of carbonyl (C=O) groups is 1. The molecule has 2 aromatic heterocycles. The van der Waals surface area contributed by atoms with Crippen molar-refractivity contribution in [1.82, 2.24) is 9.97 Å². The Labute approximate surface area is 165 Å². The van der Waals surface area contributed by atoms with Gasteiger partial charge in [-0.1, -0.05) is 35.6 Å². The number of amides is 1. The molecule has 6 nitrogen and oxygen atoms in total. The van der Waals surface area contributed by atoms with E-state index in [-0.39, 0.29) is 11.7 Å². The van der Waals surface area contributed by atoms with Crippen molar-refractivity contribution in [3.8, 4) is 5.75 Å². The van der Waals surface area contributed by atoms with E-state index in [0.29, 0.717) is 21.3 Å². The van der Waals surface area contributed by atoms with Crippen molar-refractivity contribution >= 4 is 44.7 Å². The Bertz CT molecular complexity index is 1180. The van der Waals surface area contributed by atoms with Gasteiger partial charge in [0.15, 0.2) is 5.13 Å². The number of anilines is 3.